The summed E-state index contributed by atoms with van der Waals surface area (Å²) in [5.41, 5.74) is 2.12. The zero-order valence-corrected chi connectivity index (χ0v) is 13.3. The molecule has 1 atom stereocenters. The number of benzene rings is 1. The largest absolute Gasteiger partial charge is 0.496 e. The molecule has 1 saturated heterocycles. The van der Waals surface area contributed by atoms with E-state index in [1.54, 1.807) is 7.11 Å². The van der Waals surface area contributed by atoms with E-state index < -0.39 is 0 Å². The topological polar surface area (TPSA) is 59.6 Å². The molecule has 21 heavy (non-hydrogen) atoms. The van der Waals surface area contributed by atoms with Crippen molar-refractivity contribution in [3.05, 3.63) is 29.3 Å². The van der Waals surface area contributed by atoms with Gasteiger partial charge in [-0.25, -0.2) is 0 Å². The molecule has 0 aliphatic carbocycles. The molecule has 118 valence electrons. The van der Waals surface area contributed by atoms with Crippen LogP contribution in [0.5, 0.6) is 5.75 Å². The summed E-state index contributed by atoms with van der Waals surface area (Å²) in [5, 5.41) is 6.20. The van der Waals surface area contributed by atoms with Crippen molar-refractivity contribution in [1.82, 2.24) is 10.6 Å². The van der Waals surface area contributed by atoms with Gasteiger partial charge < -0.3 is 20.1 Å². The Balaban J connectivity index is 0.00000220. The van der Waals surface area contributed by atoms with Crippen LogP contribution < -0.4 is 15.4 Å². The first-order valence-electron chi connectivity index (χ1n) is 6.90. The van der Waals surface area contributed by atoms with Crippen molar-refractivity contribution in [3.63, 3.8) is 0 Å². The molecule has 0 aromatic heterocycles. The lowest BCUT2D eigenvalue weighted by molar-refractivity contribution is -0.122. The van der Waals surface area contributed by atoms with Crippen LogP contribution in [0, 0.1) is 6.92 Å². The number of methoxy groups -OCH3 is 1. The highest BCUT2D eigenvalue weighted by Gasteiger charge is 2.16. The van der Waals surface area contributed by atoms with E-state index in [9.17, 15) is 4.79 Å². The third kappa shape index (κ3) is 5.53. The molecule has 1 amide bonds. The summed E-state index contributed by atoms with van der Waals surface area (Å²) in [6, 6.07) is 6.07. The number of ether oxygens (including phenoxy) is 2. The van der Waals surface area contributed by atoms with E-state index in [4.69, 9.17) is 9.47 Å². The van der Waals surface area contributed by atoms with E-state index in [0.717, 1.165) is 30.0 Å². The maximum absolute atomic E-state index is 11.9. The van der Waals surface area contributed by atoms with Crippen molar-refractivity contribution in [3.8, 4) is 5.75 Å². The van der Waals surface area contributed by atoms with Gasteiger partial charge in [-0.1, -0.05) is 12.1 Å². The van der Waals surface area contributed by atoms with E-state index in [2.05, 4.69) is 10.6 Å². The van der Waals surface area contributed by atoms with Gasteiger partial charge in [-0.2, -0.15) is 0 Å². The van der Waals surface area contributed by atoms with E-state index in [1.807, 2.05) is 25.1 Å². The molecule has 1 aromatic carbocycles. The number of aryl methyl sites for hydroxylation is 1. The van der Waals surface area contributed by atoms with Crippen LogP contribution in [0.25, 0.3) is 0 Å². The first-order chi connectivity index (χ1) is 9.69. The molecule has 1 unspecified atom stereocenters. The number of carbonyl (C=O) groups excluding carboxylic acids is 1. The fraction of sp³-hybridized carbons (Fsp3) is 0.533. The smallest absolute Gasteiger partial charge is 0.221 e. The summed E-state index contributed by atoms with van der Waals surface area (Å²) in [6.45, 7) is 4.65. The molecule has 0 saturated carbocycles. The number of nitrogens with one attached hydrogen (secondary N) is 2. The minimum Gasteiger partial charge on any atom is -0.496 e. The number of carbonyl (C=O) groups is 1. The maximum Gasteiger partial charge on any atom is 0.221 e. The highest BCUT2D eigenvalue weighted by atomic mass is 35.5. The lowest BCUT2D eigenvalue weighted by Crippen LogP contribution is -2.44. The monoisotopic (exact) mass is 314 g/mol. The first-order valence-corrected chi connectivity index (χ1v) is 6.90. The number of morpholine rings is 1. The van der Waals surface area contributed by atoms with Crippen molar-refractivity contribution in [1.29, 1.82) is 0 Å². The molecule has 1 fully saturated rings. The summed E-state index contributed by atoms with van der Waals surface area (Å²) >= 11 is 0. The van der Waals surface area contributed by atoms with Crippen LogP contribution in [-0.2, 0) is 16.1 Å². The van der Waals surface area contributed by atoms with Crippen LogP contribution in [0.2, 0.25) is 0 Å². The van der Waals surface area contributed by atoms with Crippen molar-refractivity contribution >= 4 is 18.3 Å². The van der Waals surface area contributed by atoms with E-state index in [1.165, 1.54) is 0 Å². The van der Waals surface area contributed by atoms with Gasteiger partial charge in [-0.3, -0.25) is 4.79 Å². The fourth-order valence-electron chi connectivity index (χ4n) is 2.22. The minimum atomic E-state index is 0. The van der Waals surface area contributed by atoms with E-state index in [-0.39, 0.29) is 24.4 Å². The quantitative estimate of drug-likeness (QED) is 0.863. The van der Waals surface area contributed by atoms with Crippen LogP contribution in [-0.4, -0.2) is 38.8 Å². The zero-order chi connectivity index (χ0) is 14.4. The average molecular weight is 315 g/mol. The number of hydrogen-bond acceptors (Lipinski definition) is 4. The van der Waals surface area contributed by atoms with Gasteiger partial charge in [0.1, 0.15) is 5.75 Å². The third-order valence-electron chi connectivity index (χ3n) is 3.39. The van der Waals surface area contributed by atoms with Crippen molar-refractivity contribution < 1.29 is 14.3 Å². The highest BCUT2D eigenvalue weighted by molar-refractivity contribution is 5.85. The molecular weight excluding hydrogens is 292 g/mol. The van der Waals surface area contributed by atoms with Gasteiger partial charge >= 0.3 is 0 Å². The standard InChI is InChI=1S/C15H22N2O3.ClH/c1-11-3-4-12(7-14(11)19-2)9-17-15(18)8-13-10-20-6-5-16-13;/h3-4,7,13,16H,5-6,8-10H2,1-2H3,(H,17,18);1H. The Hall–Kier alpha value is -1.30. The molecule has 1 aliphatic rings. The first kappa shape index (κ1) is 17.8. The molecule has 1 aliphatic heterocycles. The summed E-state index contributed by atoms with van der Waals surface area (Å²) in [7, 11) is 1.65. The summed E-state index contributed by atoms with van der Waals surface area (Å²) in [4.78, 5) is 11.9. The Labute approximate surface area is 131 Å². The third-order valence-corrected chi connectivity index (χ3v) is 3.39. The van der Waals surface area contributed by atoms with Crippen molar-refractivity contribution in [2.24, 2.45) is 0 Å². The second kappa shape index (κ2) is 8.87. The molecule has 0 bridgehead atoms. The maximum atomic E-state index is 11.9. The Bertz CT molecular complexity index is 462. The molecular formula is C15H23ClN2O3. The van der Waals surface area contributed by atoms with Crippen LogP contribution in [0.1, 0.15) is 17.5 Å². The molecule has 0 radical (unpaired) electrons. The van der Waals surface area contributed by atoms with Crippen molar-refractivity contribution in [2.45, 2.75) is 25.9 Å². The Morgan fingerprint density at radius 3 is 3.00 bits per heavy atom. The predicted molar refractivity (Wildman–Crippen MR) is 84.1 cm³/mol. The molecule has 1 aromatic rings. The van der Waals surface area contributed by atoms with Crippen molar-refractivity contribution in [2.75, 3.05) is 26.9 Å². The Kier molecular flexibility index (Phi) is 7.50. The highest BCUT2D eigenvalue weighted by Crippen LogP contribution is 2.18. The molecule has 5 nitrogen and oxygen atoms in total. The normalized spacial score (nSPS) is 17.7. The molecule has 6 heteroatoms. The molecule has 0 spiro atoms. The number of halogens is 1. The van der Waals surface area contributed by atoms with Gasteiger partial charge in [0.2, 0.25) is 5.91 Å². The van der Waals surface area contributed by atoms with Gasteiger partial charge in [0, 0.05) is 25.6 Å². The molecule has 1 heterocycles. The van der Waals surface area contributed by atoms with Gasteiger partial charge in [-0.15, -0.1) is 12.4 Å². The van der Waals surface area contributed by atoms with E-state index in [0.29, 0.717) is 19.6 Å². The number of rotatable bonds is 5. The van der Waals surface area contributed by atoms with Crippen LogP contribution in [0.4, 0.5) is 0 Å². The second-order valence-corrected chi connectivity index (χ2v) is 5.01. The lowest BCUT2D eigenvalue weighted by atomic mass is 10.1. The lowest BCUT2D eigenvalue weighted by Gasteiger charge is -2.23. The SMILES string of the molecule is COc1cc(CNC(=O)CC2COCCN2)ccc1C.Cl. The molecule has 2 rings (SSSR count). The fourth-order valence-corrected chi connectivity index (χ4v) is 2.22. The predicted octanol–water partition coefficient (Wildman–Crippen LogP) is 1.42. The van der Waals surface area contributed by atoms with Gasteiger partial charge in [0.25, 0.3) is 0 Å². The summed E-state index contributed by atoms with van der Waals surface area (Å²) in [5.74, 6) is 0.881. The van der Waals surface area contributed by atoms with Gasteiger partial charge in [-0.05, 0) is 24.1 Å². The number of hydrogen-bond donors (Lipinski definition) is 2. The van der Waals surface area contributed by atoms with Gasteiger partial charge in [0.05, 0.1) is 20.3 Å². The zero-order valence-electron chi connectivity index (χ0n) is 12.5. The Morgan fingerprint density at radius 1 is 1.52 bits per heavy atom. The second-order valence-electron chi connectivity index (χ2n) is 5.01. The molecule has 2 N–H and O–H groups in total. The Morgan fingerprint density at radius 2 is 2.33 bits per heavy atom. The van der Waals surface area contributed by atoms with Crippen LogP contribution >= 0.6 is 12.4 Å². The summed E-state index contributed by atoms with van der Waals surface area (Å²) in [6.07, 6.45) is 0.447. The minimum absolute atomic E-state index is 0. The average Bonchev–Trinajstić information content (AvgIpc) is 2.47. The van der Waals surface area contributed by atoms with Crippen LogP contribution in [0.15, 0.2) is 18.2 Å². The van der Waals surface area contributed by atoms with Gasteiger partial charge in [0.15, 0.2) is 0 Å². The van der Waals surface area contributed by atoms with E-state index >= 15 is 0 Å². The number of amides is 1. The summed E-state index contributed by atoms with van der Waals surface area (Å²) < 4.78 is 10.6. The van der Waals surface area contributed by atoms with Crippen LogP contribution in [0.3, 0.4) is 0 Å².